The molecule has 0 bridgehead atoms. The molecule has 11 heteroatoms. The summed E-state index contributed by atoms with van der Waals surface area (Å²) in [6.07, 6.45) is -2.46. The van der Waals surface area contributed by atoms with Crippen LogP contribution in [0.15, 0.2) is 11.1 Å². The SMILES string of the molecule is CC1CC(N2CC3(C2)CN(S(=O)(=O)c2cc(C(F)(F)F)nn2C)C3)CCO1. The van der Waals surface area contributed by atoms with E-state index < -0.39 is 26.9 Å². The number of rotatable bonds is 3. The Balaban J connectivity index is 1.39. The smallest absolute Gasteiger partial charge is 0.378 e. The molecular weight excluding hydrogens is 385 g/mol. The van der Waals surface area contributed by atoms with Crippen molar-refractivity contribution < 1.29 is 26.3 Å². The molecule has 0 amide bonds. The second-order valence-corrected chi connectivity index (χ2v) is 9.91. The van der Waals surface area contributed by atoms with Crippen molar-refractivity contribution >= 4 is 10.0 Å². The number of aryl methyl sites for hydroxylation is 1. The van der Waals surface area contributed by atoms with Crippen molar-refractivity contribution in [3.8, 4) is 0 Å². The maximum Gasteiger partial charge on any atom is 0.435 e. The van der Waals surface area contributed by atoms with Crippen molar-refractivity contribution in [2.75, 3.05) is 32.8 Å². The summed E-state index contributed by atoms with van der Waals surface area (Å²) in [6, 6.07) is 1.08. The molecule has 3 fully saturated rings. The minimum Gasteiger partial charge on any atom is -0.378 e. The zero-order chi connectivity index (χ0) is 19.6. The van der Waals surface area contributed by atoms with E-state index >= 15 is 0 Å². The number of alkyl halides is 3. The number of aromatic nitrogens is 2. The van der Waals surface area contributed by atoms with E-state index in [1.165, 1.54) is 11.4 Å². The molecule has 152 valence electrons. The average Bonchev–Trinajstić information content (AvgIpc) is 2.87. The fraction of sp³-hybridized carbons (Fsp3) is 0.812. The number of ether oxygens (including phenoxy) is 1. The summed E-state index contributed by atoms with van der Waals surface area (Å²) in [4.78, 5) is 2.37. The molecule has 3 saturated heterocycles. The molecule has 3 aliphatic heterocycles. The van der Waals surface area contributed by atoms with Crippen LogP contribution in [-0.4, -0.2) is 72.3 Å². The molecule has 0 aromatic carbocycles. The van der Waals surface area contributed by atoms with Crippen LogP contribution in [0.2, 0.25) is 0 Å². The van der Waals surface area contributed by atoms with Gasteiger partial charge in [-0.15, -0.1) is 0 Å². The summed E-state index contributed by atoms with van der Waals surface area (Å²) in [7, 11) is -2.76. The van der Waals surface area contributed by atoms with Crippen LogP contribution in [0.25, 0.3) is 0 Å². The molecule has 1 aromatic rings. The minimum atomic E-state index is -4.67. The lowest BCUT2D eigenvalue weighted by molar-refractivity contribution is -0.141. The van der Waals surface area contributed by atoms with Crippen LogP contribution < -0.4 is 0 Å². The third kappa shape index (κ3) is 3.28. The topological polar surface area (TPSA) is 67.7 Å². The van der Waals surface area contributed by atoms with E-state index in [4.69, 9.17) is 4.74 Å². The Hall–Kier alpha value is -1.17. The zero-order valence-electron chi connectivity index (χ0n) is 15.2. The van der Waals surface area contributed by atoms with Gasteiger partial charge in [-0.2, -0.15) is 22.6 Å². The van der Waals surface area contributed by atoms with E-state index in [9.17, 15) is 21.6 Å². The lowest BCUT2D eigenvalue weighted by Gasteiger charge is -2.61. The van der Waals surface area contributed by atoms with Gasteiger partial charge in [-0.1, -0.05) is 0 Å². The second-order valence-electron chi connectivity index (χ2n) is 8.03. The maximum absolute atomic E-state index is 12.8. The van der Waals surface area contributed by atoms with Crippen LogP contribution in [0.3, 0.4) is 0 Å². The van der Waals surface area contributed by atoms with Gasteiger partial charge in [0.25, 0.3) is 10.0 Å². The number of halogens is 3. The largest absolute Gasteiger partial charge is 0.435 e. The molecule has 27 heavy (non-hydrogen) atoms. The van der Waals surface area contributed by atoms with E-state index in [-0.39, 0.29) is 11.5 Å². The summed E-state index contributed by atoms with van der Waals surface area (Å²) in [5.41, 5.74) is -1.26. The molecule has 4 heterocycles. The Kier molecular flexibility index (Phi) is 4.37. The summed E-state index contributed by atoms with van der Waals surface area (Å²) < 4.78 is 71.4. The Labute approximate surface area is 156 Å². The van der Waals surface area contributed by atoms with Crippen LogP contribution in [0.1, 0.15) is 25.5 Å². The second kappa shape index (κ2) is 6.16. The lowest BCUT2D eigenvalue weighted by atomic mass is 9.73. The highest BCUT2D eigenvalue weighted by Gasteiger charge is 2.57. The molecule has 2 unspecified atom stereocenters. The first-order valence-electron chi connectivity index (χ1n) is 8.97. The Morgan fingerprint density at radius 1 is 1.26 bits per heavy atom. The maximum atomic E-state index is 12.8. The highest BCUT2D eigenvalue weighted by molar-refractivity contribution is 7.89. The highest BCUT2D eigenvalue weighted by Crippen LogP contribution is 2.44. The Morgan fingerprint density at radius 2 is 1.93 bits per heavy atom. The van der Waals surface area contributed by atoms with Gasteiger partial charge in [-0.3, -0.25) is 9.58 Å². The first-order chi connectivity index (χ1) is 12.5. The zero-order valence-corrected chi connectivity index (χ0v) is 16.1. The molecule has 4 rings (SSSR count). The molecule has 0 N–H and O–H groups in total. The molecule has 3 aliphatic rings. The van der Waals surface area contributed by atoms with E-state index in [1.807, 2.05) is 0 Å². The fourth-order valence-corrected chi connectivity index (χ4v) is 6.20. The van der Waals surface area contributed by atoms with E-state index in [0.717, 1.165) is 37.2 Å². The number of nitrogens with zero attached hydrogens (tertiary/aromatic N) is 4. The summed E-state index contributed by atoms with van der Waals surface area (Å²) >= 11 is 0. The molecule has 7 nitrogen and oxygen atoms in total. The van der Waals surface area contributed by atoms with Crippen molar-refractivity contribution in [2.24, 2.45) is 12.5 Å². The van der Waals surface area contributed by atoms with Gasteiger partial charge in [0.05, 0.1) is 6.10 Å². The highest BCUT2D eigenvalue weighted by atomic mass is 32.2. The van der Waals surface area contributed by atoms with Crippen molar-refractivity contribution in [1.29, 1.82) is 0 Å². The van der Waals surface area contributed by atoms with Crippen LogP contribution in [0.4, 0.5) is 13.2 Å². The van der Waals surface area contributed by atoms with Crippen LogP contribution in [0.5, 0.6) is 0 Å². The van der Waals surface area contributed by atoms with Gasteiger partial charge in [0.1, 0.15) is 0 Å². The quantitative estimate of drug-likeness (QED) is 0.755. The van der Waals surface area contributed by atoms with Crippen molar-refractivity contribution in [3.05, 3.63) is 11.8 Å². The molecule has 1 aromatic heterocycles. The van der Waals surface area contributed by atoms with E-state index in [2.05, 4.69) is 16.9 Å². The number of likely N-dealkylation sites (tertiary alicyclic amines) is 1. The van der Waals surface area contributed by atoms with Gasteiger partial charge >= 0.3 is 6.18 Å². The predicted molar refractivity (Wildman–Crippen MR) is 89.4 cm³/mol. The monoisotopic (exact) mass is 408 g/mol. The lowest BCUT2D eigenvalue weighted by Crippen LogP contribution is -2.74. The first-order valence-corrected chi connectivity index (χ1v) is 10.4. The number of sulfonamides is 1. The third-order valence-corrected chi connectivity index (χ3v) is 7.65. The van der Waals surface area contributed by atoms with Gasteiger partial charge in [-0.25, -0.2) is 8.42 Å². The van der Waals surface area contributed by atoms with Crippen molar-refractivity contribution in [1.82, 2.24) is 19.0 Å². The van der Waals surface area contributed by atoms with E-state index in [0.29, 0.717) is 25.2 Å². The molecule has 1 spiro atoms. The van der Waals surface area contributed by atoms with Crippen molar-refractivity contribution in [3.63, 3.8) is 0 Å². The van der Waals surface area contributed by atoms with Gasteiger partial charge < -0.3 is 4.74 Å². The Bertz CT molecular complexity index is 824. The van der Waals surface area contributed by atoms with Crippen molar-refractivity contribution in [2.45, 2.75) is 43.1 Å². The molecular formula is C16H23F3N4O3S. The molecule has 0 radical (unpaired) electrons. The van der Waals surface area contributed by atoms with Gasteiger partial charge in [0, 0.05) is 57.4 Å². The predicted octanol–water partition coefficient (Wildman–Crippen LogP) is 1.31. The Morgan fingerprint density at radius 3 is 2.48 bits per heavy atom. The number of hydrogen-bond donors (Lipinski definition) is 0. The molecule has 0 aliphatic carbocycles. The van der Waals surface area contributed by atoms with Gasteiger partial charge in [0.15, 0.2) is 10.7 Å². The fourth-order valence-electron chi connectivity index (χ4n) is 4.41. The van der Waals surface area contributed by atoms with Gasteiger partial charge in [0.2, 0.25) is 0 Å². The van der Waals surface area contributed by atoms with E-state index in [1.54, 1.807) is 0 Å². The summed E-state index contributed by atoms with van der Waals surface area (Å²) in [6.45, 7) is 5.15. The molecule has 0 saturated carbocycles. The molecule has 2 atom stereocenters. The first kappa shape index (κ1) is 19.2. The average molecular weight is 408 g/mol. The standard InChI is InChI=1S/C16H23F3N4O3S/c1-11-5-12(3-4-26-11)22-7-15(8-22)9-23(10-15)27(24,25)14-6-13(16(17,18)19)20-21(14)2/h6,11-12H,3-5,7-10H2,1-2H3. The summed E-state index contributed by atoms with van der Waals surface area (Å²) in [5.74, 6) is 0. The number of hydrogen-bond acceptors (Lipinski definition) is 5. The van der Waals surface area contributed by atoms with Crippen LogP contribution >= 0.6 is 0 Å². The third-order valence-electron chi connectivity index (χ3n) is 5.81. The van der Waals surface area contributed by atoms with Crippen LogP contribution in [0, 0.1) is 5.41 Å². The van der Waals surface area contributed by atoms with Crippen LogP contribution in [-0.2, 0) is 28.0 Å². The normalized spacial score (nSPS) is 29.5. The summed E-state index contributed by atoms with van der Waals surface area (Å²) in [5, 5.41) is 2.89. The minimum absolute atomic E-state index is 0.0694. The van der Waals surface area contributed by atoms with Gasteiger partial charge in [-0.05, 0) is 19.8 Å².